The Morgan fingerprint density at radius 2 is 2.31 bits per heavy atom. The minimum absolute atomic E-state index is 0.0175. The molecular formula is C10H17NO4S. The van der Waals surface area contributed by atoms with Crippen LogP contribution in [0.15, 0.2) is 0 Å². The molecule has 1 saturated heterocycles. The molecule has 0 aromatic carbocycles. The van der Waals surface area contributed by atoms with Crippen molar-refractivity contribution < 1.29 is 19.4 Å². The third-order valence-electron chi connectivity index (χ3n) is 2.49. The molecule has 0 radical (unpaired) electrons. The van der Waals surface area contributed by atoms with E-state index in [9.17, 15) is 9.59 Å². The molecule has 1 aliphatic heterocycles. The lowest BCUT2D eigenvalue weighted by Gasteiger charge is -2.32. The van der Waals surface area contributed by atoms with E-state index in [1.165, 1.54) is 0 Å². The first-order valence-corrected chi connectivity index (χ1v) is 6.57. The Kier molecular flexibility index (Phi) is 5.08. The highest BCUT2D eigenvalue weighted by atomic mass is 32.2. The Morgan fingerprint density at radius 3 is 2.88 bits per heavy atom. The van der Waals surface area contributed by atoms with E-state index < -0.39 is 12.1 Å². The number of amides is 1. The zero-order valence-corrected chi connectivity index (χ0v) is 10.3. The zero-order chi connectivity index (χ0) is 12.1. The maximum absolute atomic E-state index is 11.9. The molecule has 0 saturated carbocycles. The number of aliphatic carboxylic acids is 1. The summed E-state index contributed by atoms with van der Waals surface area (Å²) in [6.45, 7) is 2.81. The van der Waals surface area contributed by atoms with Gasteiger partial charge in [0.25, 0.3) is 0 Å². The molecule has 1 rings (SSSR count). The van der Waals surface area contributed by atoms with Crippen LogP contribution in [0.25, 0.3) is 0 Å². The van der Waals surface area contributed by atoms with Crippen molar-refractivity contribution in [2.24, 2.45) is 5.92 Å². The van der Waals surface area contributed by atoms with Gasteiger partial charge in [0.05, 0.1) is 13.2 Å². The minimum Gasteiger partial charge on any atom is -0.479 e. The first kappa shape index (κ1) is 13.3. The van der Waals surface area contributed by atoms with Crippen LogP contribution in [0.5, 0.6) is 0 Å². The average Bonchev–Trinajstić information content (AvgIpc) is 2.28. The molecule has 1 N–H and O–H groups in total. The fourth-order valence-electron chi connectivity index (χ4n) is 1.63. The average molecular weight is 247 g/mol. The number of hydrogen-bond donors (Lipinski definition) is 1. The van der Waals surface area contributed by atoms with E-state index >= 15 is 0 Å². The van der Waals surface area contributed by atoms with Crippen LogP contribution in [0, 0.1) is 5.92 Å². The quantitative estimate of drug-likeness (QED) is 0.774. The maximum atomic E-state index is 11.9. The van der Waals surface area contributed by atoms with Crippen LogP contribution >= 0.6 is 11.8 Å². The van der Waals surface area contributed by atoms with Crippen LogP contribution in [-0.4, -0.2) is 59.7 Å². The molecule has 0 aliphatic carbocycles. The fraction of sp³-hybridized carbons (Fsp3) is 0.800. The maximum Gasteiger partial charge on any atom is 0.334 e. The van der Waals surface area contributed by atoms with E-state index in [4.69, 9.17) is 9.84 Å². The summed E-state index contributed by atoms with van der Waals surface area (Å²) in [5.74, 6) is -0.296. The zero-order valence-electron chi connectivity index (χ0n) is 9.51. The van der Waals surface area contributed by atoms with Gasteiger partial charge in [-0.25, -0.2) is 4.79 Å². The van der Waals surface area contributed by atoms with Gasteiger partial charge in [0.15, 0.2) is 6.10 Å². The minimum atomic E-state index is -1.00. The highest BCUT2D eigenvalue weighted by Gasteiger charge is 2.30. The van der Waals surface area contributed by atoms with Gasteiger partial charge in [-0.15, -0.1) is 0 Å². The molecule has 92 valence electrons. The lowest BCUT2D eigenvalue weighted by atomic mass is 10.1. The van der Waals surface area contributed by atoms with Crippen LogP contribution in [-0.2, 0) is 14.3 Å². The highest BCUT2D eigenvalue weighted by Crippen LogP contribution is 2.12. The molecular weight excluding hydrogens is 230 g/mol. The van der Waals surface area contributed by atoms with Crippen molar-refractivity contribution in [3.8, 4) is 0 Å². The first-order chi connectivity index (χ1) is 7.56. The number of carboxylic acids is 1. The molecule has 0 aromatic heterocycles. The van der Waals surface area contributed by atoms with Gasteiger partial charge < -0.3 is 14.7 Å². The van der Waals surface area contributed by atoms with Gasteiger partial charge in [0.1, 0.15) is 0 Å². The van der Waals surface area contributed by atoms with Crippen LogP contribution < -0.4 is 0 Å². The molecule has 2 unspecified atom stereocenters. The Bertz CT molecular complexity index is 272. The SMILES string of the molecule is CSCC(C)C(=O)N1CCOC(C(=O)O)C1. The van der Waals surface area contributed by atoms with Gasteiger partial charge in [-0.3, -0.25) is 4.79 Å². The Hall–Kier alpha value is -0.750. The number of morpholine rings is 1. The number of carboxylic acid groups (broad SMARTS) is 1. The third kappa shape index (κ3) is 3.38. The van der Waals surface area contributed by atoms with Crippen molar-refractivity contribution in [1.29, 1.82) is 0 Å². The summed E-state index contributed by atoms with van der Waals surface area (Å²) in [6.07, 6.45) is 1.07. The molecule has 5 nitrogen and oxygen atoms in total. The van der Waals surface area contributed by atoms with Crippen LogP contribution in [0.1, 0.15) is 6.92 Å². The molecule has 1 amide bonds. The summed E-state index contributed by atoms with van der Waals surface area (Å²) < 4.78 is 5.06. The molecule has 0 aromatic rings. The second-order valence-electron chi connectivity index (χ2n) is 3.84. The monoisotopic (exact) mass is 247 g/mol. The number of nitrogens with zero attached hydrogens (tertiary/aromatic N) is 1. The van der Waals surface area contributed by atoms with Crippen molar-refractivity contribution in [3.05, 3.63) is 0 Å². The fourth-order valence-corrected chi connectivity index (χ4v) is 2.27. The van der Waals surface area contributed by atoms with Gasteiger partial charge in [-0.05, 0) is 6.26 Å². The van der Waals surface area contributed by atoms with Gasteiger partial charge in [-0.1, -0.05) is 6.92 Å². The lowest BCUT2D eigenvalue weighted by Crippen LogP contribution is -2.50. The largest absolute Gasteiger partial charge is 0.479 e. The normalized spacial score (nSPS) is 22.9. The number of hydrogen-bond acceptors (Lipinski definition) is 4. The number of carbonyl (C=O) groups is 2. The second kappa shape index (κ2) is 6.10. The van der Waals surface area contributed by atoms with Gasteiger partial charge in [0, 0.05) is 18.2 Å². The molecule has 1 heterocycles. The van der Waals surface area contributed by atoms with E-state index in [-0.39, 0.29) is 18.4 Å². The van der Waals surface area contributed by atoms with Crippen LogP contribution in [0.4, 0.5) is 0 Å². The molecule has 6 heteroatoms. The van der Waals surface area contributed by atoms with E-state index in [1.54, 1.807) is 16.7 Å². The number of carbonyl (C=O) groups excluding carboxylic acids is 1. The summed E-state index contributed by atoms with van der Waals surface area (Å²) in [5, 5.41) is 8.81. The Morgan fingerprint density at radius 1 is 1.62 bits per heavy atom. The predicted molar refractivity (Wildman–Crippen MR) is 61.5 cm³/mol. The molecule has 1 fully saturated rings. The smallest absolute Gasteiger partial charge is 0.334 e. The van der Waals surface area contributed by atoms with Gasteiger partial charge in [-0.2, -0.15) is 11.8 Å². The van der Waals surface area contributed by atoms with Crippen molar-refractivity contribution in [1.82, 2.24) is 4.90 Å². The van der Waals surface area contributed by atoms with Crippen molar-refractivity contribution in [2.45, 2.75) is 13.0 Å². The predicted octanol–water partition coefficient (Wildman–Crippen LogP) is 0.297. The molecule has 16 heavy (non-hydrogen) atoms. The van der Waals surface area contributed by atoms with E-state index in [1.807, 2.05) is 13.2 Å². The van der Waals surface area contributed by atoms with Crippen molar-refractivity contribution >= 4 is 23.6 Å². The van der Waals surface area contributed by atoms with Crippen LogP contribution in [0.3, 0.4) is 0 Å². The summed E-state index contributed by atoms with van der Waals surface area (Å²) in [5.41, 5.74) is 0. The van der Waals surface area contributed by atoms with Gasteiger partial charge in [0.2, 0.25) is 5.91 Å². The summed E-state index contributed by atoms with van der Waals surface area (Å²) in [4.78, 5) is 24.3. The molecule has 1 aliphatic rings. The van der Waals surface area contributed by atoms with Crippen molar-refractivity contribution in [3.63, 3.8) is 0 Å². The number of thioether (sulfide) groups is 1. The van der Waals surface area contributed by atoms with Crippen molar-refractivity contribution in [2.75, 3.05) is 31.7 Å². The molecule has 0 bridgehead atoms. The summed E-state index contributed by atoms with van der Waals surface area (Å²) in [6, 6.07) is 0. The Balaban J connectivity index is 2.53. The molecule has 2 atom stereocenters. The number of ether oxygens (including phenoxy) is 1. The third-order valence-corrected chi connectivity index (χ3v) is 3.33. The lowest BCUT2D eigenvalue weighted by molar-refractivity contribution is -0.160. The van der Waals surface area contributed by atoms with Gasteiger partial charge >= 0.3 is 5.97 Å². The summed E-state index contributed by atoms with van der Waals surface area (Å²) >= 11 is 1.61. The first-order valence-electron chi connectivity index (χ1n) is 5.18. The van der Waals surface area contributed by atoms with Crippen LogP contribution in [0.2, 0.25) is 0 Å². The van der Waals surface area contributed by atoms with E-state index in [2.05, 4.69) is 0 Å². The Labute approximate surface area is 99.1 Å². The second-order valence-corrected chi connectivity index (χ2v) is 4.75. The van der Waals surface area contributed by atoms with E-state index in [0.717, 1.165) is 5.75 Å². The highest BCUT2D eigenvalue weighted by molar-refractivity contribution is 7.98. The number of rotatable bonds is 4. The summed E-state index contributed by atoms with van der Waals surface area (Å²) in [7, 11) is 0. The molecule has 0 spiro atoms. The van der Waals surface area contributed by atoms with E-state index in [0.29, 0.717) is 13.2 Å². The standard InChI is InChI=1S/C10H17NO4S/c1-7(6-16-2)9(12)11-3-4-15-8(5-11)10(13)14/h7-8H,3-6H2,1-2H3,(H,13,14). The topological polar surface area (TPSA) is 66.8 Å².